The number of hydrogen-bond donors (Lipinski definition) is 2. The summed E-state index contributed by atoms with van der Waals surface area (Å²) in [5, 5.41) is 6.30. The first kappa shape index (κ1) is 13.8. The van der Waals surface area contributed by atoms with Crippen molar-refractivity contribution in [2.24, 2.45) is 5.92 Å². The van der Waals surface area contributed by atoms with E-state index in [1.54, 1.807) is 0 Å². The van der Waals surface area contributed by atoms with Gasteiger partial charge in [-0.3, -0.25) is 4.79 Å². The predicted octanol–water partition coefficient (Wildman–Crippen LogP) is 1.45. The summed E-state index contributed by atoms with van der Waals surface area (Å²) in [6.45, 7) is 3.42. The molecule has 1 saturated heterocycles. The van der Waals surface area contributed by atoms with Crippen LogP contribution in [0, 0.1) is 5.92 Å². The topological polar surface area (TPSA) is 50.4 Å². The molecule has 2 aliphatic rings. The Bertz CT molecular complexity index is 246. The van der Waals surface area contributed by atoms with Gasteiger partial charge >= 0.3 is 0 Å². The lowest BCUT2D eigenvalue weighted by molar-refractivity contribution is -0.122. The minimum atomic E-state index is 0.179. The van der Waals surface area contributed by atoms with Gasteiger partial charge in [0.15, 0.2) is 0 Å². The molecule has 4 nitrogen and oxygen atoms in total. The van der Waals surface area contributed by atoms with E-state index in [2.05, 4.69) is 10.6 Å². The Hall–Kier alpha value is -0.610. The summed E-state index contributed by atoms with van der Waals surface area (Å²) in [5.74, 6) is 0.702. The summed E-state index contributed by atoms with van der Waals surface area (Å²) < 4.78 is 5.72. The van der Waals surface area contributed by atoms with Gasteiger partial charge in [-0.1, -0.05) is 12.8 Å². The van der Waals surface area contributed by atoms with Crippen LogP contribution in [-0.4, -0.2) is 38.3 Å². The molecular formula is C14H26N2O2. The molecule has 1 aliphatic carbocycles. The van der Waals surface area contributed by atoms with Gasteiger partial charge in [0.05, 0.1) is 12.7 Å². The van der Waals surface area contributed by atoms with Gasteiger partial charge in [-0.15, -0.1) is 0 Å². The summed E-state index contributed by atoms with van der Waals surface area (Å²) >= 11 is 0. The highest BCUT2D eigenvalue weighted by Gasteiger charge is 2.17. The third kappa shape index (κ3) is 4.94. The number of carbonyl (C=O) groups is 1. The Morgan fingerprint density at radius 2 is 2.06 bits per heavy atom. The van der Waals surface area contributed by atoms with Crippen LogP contribution in [-0.2, 0) is 9.53 Å². The van der Waals surface area contributed by atoms with Crippen LogP contribution < -0.4 is 10.6 Å². The first-order valence-electron chi connectivity index (χ1n) is 7.43. The fraction of sp³-hybridized carbons (Fsp3) is 0.929. The average molecular weight is 254 g/mol. The number of nitrogens with one attached hydrogen (secondary N) is 2. The second kappa shape index (κ2) is 7.74. The third-order valence-electron chi connectivity index (χ3n) is 3.95. The molecule has 0 spiro atoms. The zero-order valence-corrected chi connectivity index (χ0v) is 11.2. The van der Waals surface area contributed by atoms with Crippen LogP contribution in [0.1, 0.15) is 44.9 Å². The van der Waals surface area contributed by atoms with E-state index in [1.165, 1.54) is 38.5 Å². The summed E-state index contributed by atoms with van der Waals surface area (Å²) in [6, 6.07) is 0. The van der Waals surface area contributed by atoms with Gasteiger partial charge < -0.3 is 15.4 Å². The summed E-state index contributed by atoms with van der Waals surface area (Å²) in [7, 11) is 0. The highest BCUT2D eigenvalue weighted by molar-refractivity contribution is 5.76. The fourth-order valence-electron chi connectivity index (χ4n) is 2.90. The Morgan fingerprint density at radius 3 is 2.78 bits per heavy atom. The van der Waals surface area contributed by atoms with Gasteiger partial charge in [0, 0.05) is 13.0 Å². The Kier molecular flexibility index (Phi) is 5.94. The molecule has 1 amide bonds. The maximum absolute atomic E-state index is 11.7. The summed E-state index contributed by atoms with van der Waals surface area (Å²) in [6.07, 6.45) is 8.48. The van der Waals surface area contributed by atoms with E-state index >= 15 is 0 Å². The van der Waals surface area contributed by atoms with Crippen molar-refractivity contribution in [2.45, 2.75) is 51.0 Å². The molecule has 0 aromatic carbocycles. The first-order valence-corrected chi connectivity index (χ1v) is 7.43. The molecule has 2 rings (SSSR count). The molecule has 0 aromatic rings. The van der Waals surface area contributed by atoms with E-state index in [0.29, 0.717) is 31.6 Å². The van der Waals surface area contributed by atoms with Crippen LogP contribution in [0.25, 0.3) is 0 Å². The molecule has 4 heteroatoms. The van der Waals surface area contributed by atoms with Crippen molar-refractivity contribution in [1.82, 2.24) is 10.6 Å². The second-order valence-corrected chi connectivity index (χ2v) is 5.54. The Labute approximate surface area is 110 Å². The van der Waals surface area contributed by atoms with Crippen LogP contribution >= 0.6 is 0 Å². The van der Waals surface area contributed by atoms with E-state index < -0.39 is 0 Å². The quantitative estimate of drug-likeness (QED) is 0.705. The molecule has 0 radical (unpaired) electrons. The van der Waals surface area contributed by atoms with Gasteiger partial charge in [0.25, 0.3) is 0 Å². The van der Waals surface area contributed by atoms with Crippen LogP contribution in [0.15, 0.2) is 0 Å². The lowest BCUT2D eigenvalue weighted by Gasteiger charge is -2.22. The maximum Gasteiger partial charge on any atom is 0.220 e. The normalized spacial score (nSPS) is 25.2. The highest BCUT2D eigenvalue weighted by atomic mass is 16.5. The van der Waals surface area contributed by atoms with Crippen molar-refractivity contribution in [1.29, 1.82) is 0 Å². The standard InChI is InChI=1S/C14H26N2O2/c17-14(10-12-4-3-7-15-11-12)16-8-9-18-13-5-1-2-6-13/h12-13,15H,1-11H2,(H,16,17). The number of hydrogen-bond acceptors (Lipinski definition) is 3. The van der Waals surface area contributed by atoms with Crippen LogP contribution in [0.5, 0.6) is 0 Å². The number of rotatable bonds is 6. The van der Waals surface area contributed by atoms with Gasteiger partial charge in [-0.25, -0.2) is 0 Å². The zero-order valence-electron chi connectivity index (χ0n) is 11.2. The molecule has 1 unspecified atom stereocenters. The van der Waals surface area contributed by atoms with Crippen molar-refractivity contribution in [2.75, 3.05) is 26.2 Å². The molecule has 18 heavy (non-hydrogen) atoms. The molecule has 1 atom stereocenters. The summed E-state index contributed by atoms with van der Waals surface area (Å²) in [4.78, 5) is 11.7. The summed E-state index contributed by atoms with van der Waals surface area (Å²) in [5.41, 5.74) is 0. The van der Waals surface area contributed by atoms with Crippen LogP contribution in [0.2, 0.25) is 0 Å². The second-order valence-electron chi connectivity index (χ2n) is 5.54. The van der Waals surface area contributed by atoms with Gasteiger partial charge in [-0.2, -0.15) is 0 Å². The fourth-order valence-corrected chi connectivity index (χ4v) is 2.90. The molecule has 104 valence electrons. The van der Waals surface area contributed by atoms with Crippen molar-refractivity contribution in [3.8, 4) is 0 Å². The van der Waals surface area contributed by atoms with Gasteiger partial charge in [0.2, 0.25) is 5.91 Å². The Balaban J connectivity index is 1.48. The van der Waals surface area contributed by atoms with Crippen molar-refractivity contribution >= 4 is 5.91 Å². The molecule has 2 fully saturated rings. The van der Waals surface area contributed by atoms with Gasteiger partial charge in [-0.05, 0) is 44.7 Å². The largest absolute Gasteiger partial charge is 0.376 e. The molecule has 1 saturated carbocycles. The number of ether oxygens (including phenoxy) is 1. The van der Waals surface area contributed by atoms with E-state index in [-0.39, 0.29) is 5.91 Å². The average Bonchev–Trinajstić information content (AvgIpc) is 2.89. The SMILES string of the molecule is O=C(CC1CCCNC1)NCCOC1CCCC1. The molecule has 1 aliphatic heterocycles. The molecule has 1 heterocycles. The smallest absolute Gasteiger partial charge is 0.220 e. The van der Waals surface area contributed by atoms with Crippen molar-refractivity contribution in [3.63, 3.8) is 0 Å². The monoisotopic (exact) mass is 254 g/mol. The predicted molar refractivity (Wildman–Crippen MR) is 71.4 cm³/mol. The third-order valence-corrected chi connectivity index (χ3v) is 3.95. The maximum atomic E-state index is 11.7. The van der Waals surface area contributed by atoms with Crippen molar-refractivity contribution in [3.05, 3.63) is 0 Å². The molecule has 0 bridgehead atoms. The lowest BCUT2D eigenvalue weighted by Crippen LogP contribution is -2.35. The van der Waals surface area contributed by atoms with Crippen LogP contribution in [0.4, 0.5) is 0 Å². The first-order chi connectivity index (χ1) is 8.84. The highest BCUT2D eigenvalue weighted by Crippen LogP contribution is 2.20. The van der Waals surface area contributed by atoms with E-state index in [9.17, 15) is 4.79 Å². The van der Waals surface area contributed by atoms with E-state index in [1.807, 2.05) is 0 Å². The minimum absolute atomic E-state index is 0.179. The van der Waals surface area contributed by atoms with E-state index in [4.69, 9.17) is 4.74 Å². The molecular weight excluding hydrogens is 228 g/mol. The number of piperidine rings is 1. The number of carbonyl (C=O) groups excluding carboxylic acids is 1. The molecule has 2 N–H and O–H groups in total. The molecule has 0 aromatic heterocycles. The van der Waals surface area contributed by atoms with E-state index in [0.717, 1.165) is 13.1 Å². The number of amides is 1. The Morgan fingerprint density at radius 1 is 1.22 bits per heavy atom. The van der Waals surface area contributed by atoms with Crippen LogP contribution in [0.3, 0.4) is 0 Å². The van der Waals surface area contributed by atoms with Gasteiger partial charge in [0.1, 0.15) is 0 Å². The zero-order chi connectivity index (χ0) is 12.6. The van der Waals surface area contributed by atoms with Crippen molar-refractivity contribution < 1.29 is 9.53 Å². The lowest BCUT2D eigenvalue weighted by atomic mass is 9.96. The minimum Gasteiger partial charge on any atom is -0.376 e.